The van der Waals surface area contributed by atoms with Crippen LogP contribution in [0.15, 0.2) is 48.5 Å². The van der Waals surface area contributed by atoms with Gasteiger partial charge < -0.3 is 10.4 Å². The second kappa shape index (κ2) is 6.99. The molecule has 110 valence electrons. The number of hydrogen-bond acceptors (Lipinski definition) is 2. The van der Waals surface area contributed by atoms with Crippen molar-refractivity contribution in [2.24, 2.45) is 0 Å². The van der Waals surface area contributed by atoms with E-state index in [0.29, 0.717) is 12.1 Å². The minimum Gasteiger partial charge on any atom is -0.481 e. The van der Waals surface area contributed by atoms with Crippen molar-refractivity contribution in [2.45, 2.75) is 25.9 Å². The Bertz CT molecular complexity index is 610. The van der Waals surface area contributed by atoms with Crippen LogP contribution in [0.5, 0.6) is 0 Å². The van der Waals surface area contributed by atoms with Crippen LogP contribution in [-0.4, -0.2) is 11.1 Å². The van der Waals surface area contributed by atoms with Gasteiger partial charge in [0.15, 0.2) is 0 Å². The van der Waals surface area contributed by atoms with E-state index < -0.39 is 5.97 Å². The highest BCUT2D eigenvalue weighted by atomic mass is 19.1. The third-order valence-corrected chi connectivity index (χ3v) is 3.36. The van der Waals surface area contributed by atoms with Gasteiger partial charge in [0.2, 0.25) is 0 Å². The average molecular weight is 287 g/mol. The van der Waals surface area contributed by atoms with Crippen LogP contribution in [0, 0.1) is 5.82 Å². The fourth-order valence-electron chi connectivity index (χ4n) is 2.16. The molecular formula is C17H18FNO2. The zero-order valence-corrected chi connectivity index (χ0v) is 11.8. The van der Waals surface area contributed by atoms with Crippen molar-refractivity contribution >= 4 is 5.97 Å². The first-order chi connectivity index (χ1) is 10.1. The lowest BCUT2D eigenvalue weighted by atomic mass is 10.1. The van der Waals surface area contributed by atoms with Gasteiger partial charge in [-0.15, -0.1) is 0 Å². The summed E-state index contributed by atoms with van der Waals surface area (Å²) in [6.45, 7) is 2.51. The maximum absolute atomic E-state index is 13.6. The molecule has 2 N–H and O–H groups in total. The molecule has 1 atom stereocenters. The lowest BCUT2D eigenvalue weighted by molar-refractivity contribution is -0.136. The number of aliphatic carboxylic acids is 1. The number of carboxylic acids is 1. The molecule has 0 heterocycles. The van der Waals surface area contributed by atoms with Crippen LogP contribution in [0.4, 0.5) is 4.39 Å². The van der Waals surface area contributed by atoms with Gasteiger partial charge in [-0.2, -0.15) is 0 Å². The molecule has 0 aromatic heterocycles. The molecule has 2 aromatic rings. The van der Waals surface area contributed by atoms with E-state index in [1.807, 2.05) is 25.1 Å². The van der Waals surface area contributed by atoms with E-state index in [-0.39, 0.29) is 18.3 Å². The van der Waals surface area contributed by atoms with Gasteiger partial charge in [0.05, 0.1) is 6.42 Å². The Morgan fingerprint density at radius 2 is 1.76 bits per heavy atom. The van der Waals surface area contributed by atoms with Gasteiger partial charge in [-0.25, -0.2) is 4.39 Å². The molecule has 0 spiro atoms. The minimum absolute atomic E-state index is 0.0271. The molecule has 4 heteroatoms. The van der Waals surface area contributed by atoms with Crippen LogP contribution in [0.25, 0.3) is 0 Å². The zero-order valence-electron chi connectivity index (χ0n) is 11.8. The van der Waals surface area contributed by atoms with Crippen molar-refractivity contribution < 1.29 is 14.3 Å². The Morgan fingerprint density at radius 3 is 2.38 bits per heavy atom. The number of halogens is 1. The van der Waals surface area contributed by atoms with Crippen molar-refractivity contribution in [1.29, 1.82) is 0 Å². The van der Waals surface area contributed by atoms with Crippen molar-refractivity contribution in [2.75, 3.05) is 0 Å². The SMILES string of the molecule is CC(NCc1ccc(CC(=O)O)cc1)c1ccccc1F. The number of rotatable bonds is 6. The monoisotopic (exact) mass is 287 g/mol. The van der Waals surface area contributed by atoms with Gasteiger partial charge in [0, 0.05) is 18.2 Å². The molecule has 0 fully saturated rings. The van der Waals surface area contributed by atoms with E-state index in [1.165, 1.54) is 6.07 Å². The Hall–Kier alpha value is -2.20. The Morgan fingerprint density at radius 1 is 1.14 bits per heavy atom. The van der Waals surface area contributed by atoms with E-state index >= 15 is 0 Å². The number of nitrogens with one attached hydrogen (secondary N) is 1. The van der Waals surface area contributed by atoms with Crippen molar-refractivity contribution in [3.05, 3.63) is 71.0 Å². The molecule has 0 aliphatic rings. The zero-order chi connectivity index (χ0) is 15.2. The smallest absolute Gasteiger partial charge is 0.307 e. The molecule has 0 aliphatic carbocycles. The summed E-state index contributed by atoms with van der Waals surface area (Å²) in [5.74, 6) is -1.05. The van der Waals surface area contributed by atoms with E-state index in [2.05, 4.69) is 5.32 Å². The largest absolute Gasteiger partial charge is 0.481 e. The molecule has 0 saturated heterocycles. The lowest BCUT2D eigenvalue weighted by Crippen LogP contribution is -2.19. The Balaban J connectivity index is 1.94. The molecule has 0 radical (unpaired) electrons. The topological polar surface area (TPSA) is 49.3 Å². The molecule has 0 amide bonds. The molecule has 3 nitrogen and oxygen atoms in total. The standard InChI is InChI=1S/C17H18FNO2/c1-12(15-4-2-3-5-16(15)18)19-11-14-8-6-13(7-9-14)10-17(20)21/h2-9,12,19H,10-11H2,1H3,(H,20,21). The van der Waals surface area contributed by atoms with Gasteiger partial charge in [-0.05, 0) is 24.1 Å². The molecule has 21 heavy (non-hydrogen) atoms. The molecule has 1 unspecified atom stereocenters. The lowest BCUT2D eigenvalue weighted by Gasteiger charge is -2.15. The molecule has 2 aromatic carbocycles. The van der Waals surface area contributed by atoms with Crippen LogP contribution in [0.1, 0.15) is 29.7 Å². The first kappa shape index (κ1) is 15.2. The summed E-state index contributed by atoms with van der Waals surface area (Å²) in [6.07, 6.45) is 0.0271. The predicted octanol–water partition coefficient (Wildman–Crippen LogP) is 3.30. The molecular weight excluding hydrogens is 269 g/mol. The summed E-state index contributed by atoms with van der Waals surface area (Å²) < 4.78 is 13.6. The number of hydrogen-bond donors (Lipinski definition) is 2. The van der Waals surface area contributed by atoms with Crippen molar-refractivity contribution in [1.82, 2.24) is 5.32 Å². The molecule has 0 saturated carbocycles. The third-order valence-electron chi connectivity index (χ3n) is 3.36. The summed E-state index contributed by atoms with van der Waals surface area (Å²) in [5, 5.41) is 12.0. The van der Waals surface area contributed by atoms with Gasteiger partial charge in [-0.1, -0.05) is 42.5 Å². The van der Waals surface area contributed by atoms with Gasteiger partial charge in [0.1, 0.15) is 5.82 Å². The summed E-state index contributed by atoms with van der Waals surface area (Å²) in [6, 6.07) is 14.0. The second-order valence-corrected chi connectivity index (χ2v) is 5.01. The van der Waals surface area contributed by atoms with Crippen LogP contribution >= 0.6 is 0 Å². The molecule has 0 aliphatic heterocycles. The summed E-state index contributed by atoms with van der Waals surface area (Å²) in [4.78, 5) is 10.6. The van der Waals surface area contributed by atoms with E-state index in [4.69, 9.17) is 5.11 Å². The quantitative estimate of drug-likeness (QED) is 0.857. The highest BCUT2D eigenvalue weighted by Crippen LogP contribution is 2.16. The molecule has 2 rings (SSSR count). The highest BCUT2D eigenvalue weighted by molar-refractivity contribution is 5.70. The maximum Gasteiger partial charge on any atom is 0.307 e. The fraction of sp³-hybridized carbons (Fsp3) is 0.235. The molecule has 0 bridgehead atoms. The second-order valence-electron chi connectivity index (χ2n) is 5.01. The van der Waals surface area contributed by atoms with Crippen LogP contribution < -0.4 is 5.32 Å². The van der Waals surface area contributed by atoms with Crippen molar-refractivity contribution in [3.63, 3.8) is 0 Å². The number of carbonyl (C=O) groups is 1. The maximum atomic E-state index is 13.6. The normalized spacial score (nSPS) is 12.1. The Labute approximate surface area is 123 Å². The third kappa shape index (κ3) is 4.39. The van der Waals surface area contributed by atoms with E-state index in [0.717, 1.165) is 11.1 Å². The van der Waals surface area contributed by atoms with Gasteiger partial charge in [-0.3, -0.25) is 4.79 Å². The Kier molecular flexibility index (Phi) is 5.06. The number of benzene rings is 2. The van der Waals surface area contributed by atoms with Crippen LogP contribution in [0.3, 0.4) is 0 Å². The van der Waals surface area contributed by atoms with Gasteiger partial charge in [0.25, 0.3) is 0 Å². The van der Waals surface area contributed by atoms with Gasteiger partial charge >= 0.3 is 5.97 Å². The summed E-state index contributed by atoms with van der Waals surface area (Å²) >= 11 is 0. The fourth-order valence-corrected chi connectivity index (χ4v) is 2.16. The van der Waals surface area contributed by atoms with Crippen LogP contribution in [0.2, 0.25) is 0 Å². The first-order valence-corrected chi connectivity index (χ1v) is 6.83. The number of carboxylic acid groups (broad SMARTS) is 1. The van der Waals surface area contributed by atoms with Crippen molar-refractivity contribution in [3.8, 4) is 0 Å². The van der Waals surface area contributed by atoms with E-state index in [1.54, 1.807) is 24.3 Å². The minimum atomic E-state index is -0.839. The highest BCUT2D eigenvalue weighted by Gasteiger charge is 2.09. The first-order valence-electron chi connectivity index (χ1n) is 6.83. The predicted molar refractivity (Wildman–Crippen MR) is 79.4 cm³/mol. The van der Waals surface area contributed by atoms with E-state index in [9.17, 15) is 9.18 Å². The average Bonchev–Trinajstić information content (AvgIpc) is 2.46. The summed E-state index contributed by atoms with van der Waals surface area (Å²) in [7, 11) is 0. The van der Waals surface area contributed by atoms with Crippen LogP contribution in [-0.2, 0) is 17.8 Å². The summed E-state index contributed by atoms with van der Waals surface area (Å²) in [5.41, 5.74) is 2.45.